The molecule has 0 amide bonds. The third-order valence-corrected chi connectivity index (χ3v) is 0.689. The number of hydrogen-bond acceptors (Lipinski definition) is 0. The molecular formula is C7H14F2. The molecule has 0 saturated heterocycles. The fraction of sp³-hybridized carbons (Fsp3) is 0.714. The summed E-state index contributed by atoms with van der Waals surface area (Å²) < 4.78 is 23.4. The molecule has 0 fully saturated rings. The van der Waals surface area contributed by atoms with E-state index in [1.165, 1.54) is 0 Å². The number of alkyl halides is 2. The monoisotopic (exact) mass is 136 g/mol. The zero-order valence-electron chi connectivity index (χ0n) is 6.08. The average molecular weight is 136 g/mol. The van der Waals surface area contributed by atoms with Crippen LogP contribution in [-0.2, 0) is 0 Å². The van der Waals surface area contributed by atoms with Crippen molar-refractivity contribution in [3.63, 3.8) is 0 Å². The Morgan fingerprint density at radius 3 is 1.67 bits per heavy atom. The molecule has 0 saturated carbocycles. The molecule has 0 aromatic carbocycles. The molecule has 0 rings (SSSR count). The lowest BCUT2D eigenvalue weighted by atomic mass is 10.2. The predicted molar refractivity (Wildman–Crippen MR) is 36.8 cm³/mol. The van der Waals surface area contributed by atoms with Crippen molar-refractivity contribution in [2.75, 3.05) is 0 Å². The summed E-state index contributed by atoms with van der Waals surface area (Å²) in [5.74, 6) is -2.45. The minimum atomic E-state index is -2.45. The molecule has 0 spiro atoms. The maximum Gasteiger partial charge on any atom is 0.245 e. The molecule has 0 unspecified atom stereocenters. The molecular weight excluding hydrogens is 122 g/mol. The van der Waals surface area contributed by atoms with E-state index in [1.54, 1.807) is 6.92 Å². The topological polar surface area (TPSA) is 0 Å². The lowest BCUT2D eigenvalue weighted by Crippen LogP contribution is -2.07. The van der Waals surface area contributed by atoms with Crippen LogP contribution in [0.1, 0.15) is 26.7 Å². The van der Waals surface area contributed by atoms with Crippen LogP contribution in [0.4, 0.5) is 8.78 Å². The molecule has 0 aliphatic carbocycles. The van der Waals surface area contributed by atoms with E-state index in [2.05, 4.69) is 13.2 Å². The van der Waals surface area contributed by atoms with E-state index in [4.69, 9.17) is 0 Å². The van der Waals surface area contributed by atoms with Gasteiger partial charge in [0.25, 0.3) is 0 Å². The summed E-state index contributed by atoms with van der Waals surface area (Å²) in [6.45, 7) is 8.69. The Kier molecular flexibility index (Phi) is 7.26. The van der Waals surface area contributed by atoms with E-state index < -0.39 is 5.92 Å². The molecule has 56 valence electrons. The van der Waals surface area contributed by atoms with Crippen LogP contribution in [0.5, 0.6) is 0 Å². The summed E-state index contributed by atoms with van der Waals surface area (Å²) in [6.07, 6.45) is 0.566. The third-order valence-electron chi connectivity index (χ3n) is 0.689. The largest absolute Gasteiger partial charge is 0.245 e. The smallest absolute Gasteiger partial charge is 0.207 e. The number of hydrogen-bond donors (Lipinski definition) is 0. The lowest BCUT2D eigenvalue weighted by Gasteiger charge is -2.05. The molecule has 0 aromatic heterocycles. The van der Waals surface area contributed by atoms with Crippen LogP contribution < -0.4 is 0 Å². The Morgan fingerprint density at radius 1 is 1.33 bits per heavy atom. The Balaban J connectivity index is 0. The molecule has 0 nitrogen and oxygen atoms in total. The van der Waals surface area contributed by atoms with E-state index in [1.807, 2.05) is 0 Å². The van der Waals surface area contributed by atoms with Gasteiger partial charge in [-0.3, -0.25) is 0 Å². The second kappa shape index (κ2) is 5.73. The first-order chi connectivity index (χ1) is 4.06. The summed E-state index contributed by atoms with van der Waals surface area (Å²) in [7, 11) is 0. The summed E-state index contributed by atoms with van der Waals surface area (Å²) >= 11 is 0. The van der Waals surface area contributed by atoms with Gasteiger partial charge in [-0.05, 0) is 6.92 Å². The molecule has 2 heteroatoms. The highest BCUT2D eigenvalue weighted by molar-refractivity contribution is 4.54. The quantitative estimate of drug-likeness (QED) is 0.511. The maximum atomic E-state index is 11.7. The highest BCUT2D eigenvalue weighted by Gasteiger charge is 2.17. The van der Waals surface area contributed by atoms with Gasteiger partial charge in [-0.1, -0.05) is 13.3 Å². The van der Waals surface area contributed by atoms with Crippen molar-refractivity contribution >= 4 is 0 Å². The molecule has 0 bridgehead atoms. The van der Waals surface area contributed by atoms with Crippen molar-refractivity contribution in [3.8, 4) is 0 Å². The molecule has 0 atom stereocenters. The average Bonchev–Trinajstić information content (AvgIpc) is 1.69. The van der Waals surface area contributed by atoms with Gasteiger partial charge in [-0.15, -0.1) is 13.2 Å². The fourth-order valence-corrected chi connectivity index (χ4v) is 0.439. The lowest BCUT2D eigenvalue weighted by molar-refractivity contribution is 0.0123. The SMILES string of the molecule is C=C.CCCC(C)(F)F. The second-order valence-electron chi connectivity index (χ2n) is 1.82. The van der Waals surface area contributed by atoms with Gasteiger partial charge in [-0.2, -0.15) is 0 Å². The first kappa shape index (κ1) is 11.4. The summed E-state index contributed by atoms with van der Waals surface area (Å²) in [6, 6.07) is 0. The van der Waals surface area contributed by atoms with Crippen LogP contribution in [0.15, 0.2) is 13.2 Å². The Bertz CT molecular complexity index is 54.4. The van der Waals surface area contributed by atoms with Crippen molar-refractivity contribution in [1.82, 2.24) is 0 Å². The third kappa shape index (κ3) is 18.4. The van der Waals surface area contributed by atoms with Gasteiger partial charge in [0.2, 0.25) is 5.92 Å². The fourth-order valence-electron chi connectivity index (χ4n) is 0.439. The van der Waals surface area contributed by atoms with Crippen LogP contribution in [-0.4, -0.2) is 5.92 Å². The van der Waals surface area contributed by atoms with Crippen molar-refractivity contribution in [2.45, 2.75) is 32.6 Å². The van der Waals surface area contributed by atoms with Gasteiger partial charge < -0.3 is 0 Å². The molecule has 0 radical (unpaired) electrons. The zero-order valence-corrected chi connectivity index (χ0v) is 6.08. The maximum absolute atomic E-state index is 11.7. The highest BCUT2D eigenvalue weighted by atomic mass is 19.3. The Morgan fingerprint density at radius 2 is 1.67 bits per heavy atom. The zero-order chi connectivity index (χ0) is 7.91. The summed E-state index contributed by atoms with van der Waals surface area (Å²) in [4.78, 5) is 0. The van der Waals surface area contributed by atoms with Gasteiger partial charge in [0.1, 0.15) is 0 Å². The van der Waals surface area contributed by atoms with Gasteiger partial charge in [0, 0.05) is 6.42 Å². The van der Waals surface area contributed by atoms with Crippen molar-refractivity contribution in [3.05, 3.63) is 13.2 Å². The van der Waals surface area contributed by atoms with Crippen molar-refractivity contribution < 1.29 is 8.78 Å². The van der Waals surface area contributed by atoms with E-state index in [9.17, 15) is 8.78 Å². The van der Waals surface area contributed by atoms with Crippen LogP contribution in [0, 0.1) is 0 Å². The minimum Gasteiger partial charge on any atom is -0.207 e. The van der Waals surface area contributed by atoms with E-state index in [0.29, 0.717) is 6.42 Å². The van der Waals surface area contributed by atoms with Gasteiger partial charge >= 0.3 is 0 Å². The van der Waals surface area contributed by atoms with Gasteiger partial charge in [0.15, 0.2) is 0 Å². The second-order valence-corrected chi connectivity index (χ2v) is 1.82. The minimum absolute atomic E-state index is 0.00694. The summed E-state index contributed by atoms with van der Waals surface area (Å²) in [5.41, 5.74) is 0. The molecule has 0 aliphatic heterocycles. The molecule has 0 aromatic rings. The molecule has 0 N–H and O–H groups in total. The Hall–Kier alpha value is -0.400. The van der Waals surface area contributed by atoms with E-state index in [-0.39, 0.29) is 6.42 Å². The van der Waals surface area contributed by atoms with Gasteiger partial charge in [-0.25, -0.2) is 8.78 Å². The Labute approximate surface area is 55.6 Å². The first-order valence-electron chi connectivity index (χ1n) is 2.94. The van der Waals surface area contributed by atoms with Crippen molar-refractivity contribution in [2.24, 2.45) is 0 Å². The first-order valence-corrected chi connectivity index (χ1v) is 2.94. The van der Waals surface area contributed by atoms with Crippen LogP contribution >= 0.6 is 0 Å². The highest BCUT2D eigenvalue weighted by Crippen LogP contribution is 2.17. The van der Waals surface area contributed by atoms with Gasteiger partial charge in [0.05, 0.1) is 0 Å². The molecule has 0 aliphatic rings. The van der Waals surface area contributed by atoms with Crippen LogP contribution in [0.3, 0.4) is 0 Å². The van der Waals surface area contributed by atoms with E-state index in [0.717, 1.165) is 6.92 Å². The molecule has 0 heterocycles. The standard InChI is InChI=1S/C5H10F2.C2H4/c1-3-4-5(2,6)7;1-2/h3-4H2,1-2H3;1-2H2. The number of rotatable bonds is 2. The number of halogens is 2. The summed E-state index contributed by atoms with van der Waals surface area (Å²) in [5, 5.41) is 0. The normalized spacial score (nSPS) is 9.78. The van der Waals surface area contributed by atoms with Crippen molar-refractivity contribution in [1.29, 1.82) is 0 Å². The van der Waals surface area contributed by atoms with E-state index >= 15 is 0 Å². The van der Waals surface area contributed by atoms with Crippen LogP contribution in [0.2, 0.25) is 0 Å². The van der Waals surface area contributed by atoms with Crippen LogP contribution in [0.25, 0.3) is 0 Å². The predicted octanol–water partition coefficient (Wildman–Crippen LogP) is 3.24. The molecule has 9 heavy (non-hydrogen) atoms.